The Balaban J connectivity index is 1.90. The van der Waals surface area contributed by atoms with Crippen molar-refractivity contribution < 1.29 is 9.90 Å². The summed E-state index contributed by atoms with van der Waals surface area (Å²) in [4.78, 5) is 11.9. The minimum Gasteiger partial charge on any atom is -0.391 e. The van der Waals surface area contributed by atoms with Gasteiger partial charge in [-0.3, -0.25) is 4.79 Å². The molecule has 1 aliphatic rings. The van der Waals surface area contributed by atoms with Crippen LogP contribution in [0.25, 0.3) is 0 Å². The van der Waals surface area contributed by atoms with Gasteiger partial charge in [0.2, 0.25) is 5.91 Å². The monoisotopic (exact) mass is 248 g/mol. The third-order valence-corrected chi connectivity index (χ3v) is 3.38. The highest BCUT2D eigenvalue weighted by Gasteiger charge is 2.23. The fraction of sp³-hybridized carbons (Fsp3) is 0.500. The molecule has 4 nitrogen and oxygen atoms in total. The van der Waals surface area contributed by atoms with E-state index in [1.54, 1.807) is 0 Å². The molecule has 1 aromatic carbocycles. The fourth-order valence-electron chi connectivity index (χ4n) is 2.13. The number of carbonyl (C=O) groups excluding carboxylic acids is 1. The first kappa shape index (κ1) is 13.1. The Labute approximate surface area is 107 Å². The molecule has 1 aliphatic heterocycles. The van der Waals surface area contributed by atoms with Gasteiger partial charge in [-0.1, -0.05) is 31.2 Å². The molecule has 1 heterocycles. The normalized spacial score (nSPS) is 20.0. The van der Waals surface area contributed by atoms with Gasteiger partial charge in [0.05, 0.1) is 12.1 Å². The fourth-order valence-corrected chi connectivity index (χ4v) is 2.13. The number of hydrogen-bond donors (Lipinski definition) is 3. The predicted octanol–water partition coefficient (Wildman–Crippen LogP) is 0.588. The van der Waals surface area contributed by atoms with Crippen LogP contribution in [-0.4, -0.2) is 29.7 Å². The molecule has 0 saturated carbocycles. The van der Waals surface area contributed by atoms with Crippen molar-refractivity contribution in [1.29, 1.82) is 0 Å². The lowest BCUT2D eigenvalue weighted by Gasteiger charge is -2.25. The molecule has 1 amide bonds. The minimum atomic E-state index is -0.454. The summed E-state index contributed by atoms with van der Waals surface area (Å²) in [6, 6.07) is 7.97. The first-order valence-electron chi connectivity index (χ1n) is 6.46. The van der Waals surface area contributed by atoms with Crippen LogP contribution in [-0.2, 0) is 17.8 Å². The topological polar surface area (TPSA) is 61.4 Å². The van der Waals surface area contributed by atoms with Crippen molar-refractivity contribution in [3.05, 3.63) is 35.4 Å². The van der Waals surface area contributed by atoms with E-state index in [0.29, 0.717) is 19.4 Å². The third kappa shape index (κ3) is 3.09. The number of aliphatic hydroxyl groups is 1. The highest BCUT2D eigenvalue weighted by atomic mass is 16.3. The number of amides is 1. The summed E-state index contributed by atoms with van der Waals surface area (Å²) in [6.07, 6.45) is 0.913. The lowest BCUT2D eigenvalue weighted by Crippen LogP contribution is -2.49. The van der Waals surface area contributed by atoms with Crippen LogP contribution in [0.2, 0.25) is 0 Å². The van der Waals surface area contributed by atoms with E-state index in [0.717, 1.165) is 6.54 Å². The molecule has 0 saturated heterocycles. The van der Waals surface area contributed by atoms with Crippen LogP contribution in [0.4, 0.5) is 0 Å². The molecule has 4 heteroatoms. The number of rotatable bonds is 4. The zero-order chi connectivity index (χ0) is 13.0. The summed E-state index contributed by atoms with van der Waals surface area (Å²) in [5.41, 5.74) is 2.49. The van der Waals surface area contributed by atoms with E-state index in [1.807, 2.05) is 19.1 Å². The van der Waals surface area contributed by atoms with E-state index in [1.165, 1.54) is 11.1 Å². The number of hydrogen-bond acceptors (Lipinski definition) is 3. The second-order valence-electron chi connectivity index (χ2n) is 4.71. The van der Waals surface area contributed by atoms with E-state index >= 15 is 0 Å². The summed E-state index contributed by atoms with van der Waals surface area (Å²) < 4.78 is 0. The summed E-state index contributed by atoms with van der Waals surface area (Å²) in [7, 11) is 0. The molecule has 0 fully saturated rings. The number of nitrogens with one attached hydrogen (secondary N) is 2. The van der Waals surface area contributed by atoms with Crippen molar-refractivity contribution in [3.63, 3.8) is 0 Å². The van der Waals surface area contributed by atoms with Gasteiger partial charge < -0.3 is 15.7 Å². The van der Waals surface area contributed by atoms with Crippen LogP contribution < -0.4 is 10.6 Å². The molecule has 98 valence electrons. The van der Waals surface area contributed by atoms with Crippen LogP contribution in [0.15, 0.2) is 24.3 Å². The highest BCUT2D eigenvalue weighted by Crippen LogP contribution is 2.16. The molecule has 0 bridgehead atoms. The zero-order valence-electron chi connectivity index (χ0n) is 10.6. The molecule has 0 aliphatic carbocycles. The quantitative estimate of drug-likeness (QED) is 0.731. The molecule has 2 rings (SSSR count). The van der Waals surface area contributed by atoms with E-state index < -0.39 is 6.10 Å². The van der Waals surface area contributed by atoms with Gasteiger partial charge in [0.15, 0.2) is 0 Å². The van der Waals surface area contributed by atoms with E-state index in [2.05, 4.69) is 22.8 Å². The smallest absolute Gasteiger partial charge is 0.237 e. The highest BCUT2D eigenvalue weighted by molar-refractivity contribution is 5.82. The van der Waals surface area contributed by atoms with Gasteiger partial charge >= 0.3 is 0 Å². The molecule has 3 N–H and O–H groups in total. The van der Waals surface area contributed by atoms with Gasteiger partial charge in [0, 0.05) is 13.1 Å². The molecule has 0 spiro atoms. The average Bonchev–Trinajstić information content (AvgIpc) is 2.43. The van der Waals surface area contributed by atoms with Gasteiger partial charge in [-0.15, -0.1) is 0 Å². The Kier molecular flexibility index (Phi) is 4.33. The van der Waals surface area contributed by atoms with Crippen LogP contribution in [0.1, 0.15) is 24.5 Å². The summed E-state index contributed by atoms with van der Waals surface area (Å²) in [5, 5.41) is 15.4. The van der Waals surface area contributed by atoms with E-state index in [4.69, 9.17) is 0 Å². The second-order valence-corrected chi connectivity index (χ2v) is 4.71. The molecule has 1 aromatic rings. The molecule has 2 atom stereocenters. The van der Waals surface area contributed by atoms with Crippen molar-refractivity contribution in [2.45, 2.75) is 38.5 Å². The van der Waals surface area contributed by atoms with Crippen LogP contribution >= 0.6 is 0 Å². The summed E-state index contributed by atoms with van der Waals surface area (Å²) in [6.45, 7) is 2.95. The molecular weight excluding hydrogens is 228 g/mol. The molecule has 0 aromatic heterocycles. The number of aliphatic hydroxyl groups excluding tert-OH is 1. The molecule has 0 radical (unpaired) electrons. The second kappa shape index (κ2) is 5.98. The number of benzene rings is 1. The molecule has 2 unspecified atom stereocenters. The van der Waals surface area contributed by atoms with Crippen LogP contribution in [0.3, 0.4) is 0 Å². The summed E-state index contributed by atoms with van der Waals surface area (Å²) in [5.74, 6) is -0.0306. The zero-order valence-corrected chi connectivity index (χ0v) is 10.6. The van der Waals surface area contributed by atoms with Gasteiger partial charge in [-0.25, -0.2) is 0 Å². The van der Waals surface area contributed by atoms with Crippen molar-refractivity contribution in [2.75, 3.05) is 6.54 Å². The number of fused-ring (bicyclic) bond motifs is 1. The van der Waals surface area contributed by atoms with Crippen LogP contribution in [0, 0.1) is 0 Å². The van der Waals surface area contributed by atoms with Crippen molar-refractivity contribution >= 4 is 5.91 Å². The van der Waals surface area contributed by atoms with Crippen molar-refractivity contribution in [1.82, 2.24) is 10.6 Å². The van der Waals surface area contributed by atoms with E-state index in [9.17, 15) is 9.90 Å². The Bertz CT molecular complexity index is 420. The Morgan fingerprint density at radius 3 is 2.94 bits per heavy atom. The van der Waals surface area contributed by atoms with Crippen molar-refractivity contribution in [3.8, 4) is 0 Å². The average molecular weight is 248 g/mol. The van der Waals surface area contributed by atoms with Crippen LogP contribution in [0.5, 0.6) is 0 Å². The Morgan fingerprint density at radius 2 is 2.22 bits per heavy atom. The SMILES string of the molecule is CCC(O)CNC(=O)C1Cc2ccccc2CN1. The third-order valence-electron chi connectivity index (χ3n) is 3.38. The first-order chi connectivity index (χ1) is 8.70. The summed E-state index contributed by atoms with van der Waals surface area (Å²) >= 11 is 0. The van der Waals surface area contributed by atoms with Gasteiger partial charge in [-0.05, 0) is 24.0 Å². The van der Waals surface area contributed by atoms with E-state index in [-0.39, 0.29) is 11.9 Å². The lowest BCUT2D eigenvalue weighted by molar-refractivity contribution is -0.123. The predicted molar refractivity (Wildman–Crippen MR) is 70.1 cm³/mol. The number of carbonyl (C=O) groups is 1. The lowest BCUT2D eigenvalue weighted by atomic mass is 9.95. The maximum Gasteiger partial charge on any atom is 0.237 e. The van der Waals surface area contributed by atoms with Crippen molar-refractivity contribution in [2.24, 2.45) is 0 Å². The van der Waals surface area contributed by atoms with Gasteiger partial charge in [0.25, 0.3) is 0 Å². The molecule has 18 heavy (non-hydrogen) atoms. The Hall–Kier alpha value is -1.39. The Morgan fingerprint density at radius 1 is 1.50 bits per heavy atom. The maximum absolute atomic E-state index is 11.9. The standard InChI is InChI=1S/C14H20N2O2/c1-2-12(17)9-16-14(18)13-7-10-5-3-4-6-11(10)8-15-13/h3-6,12-13,15,17H,2,7-9H2,1H3,(H,16,18). The molecular formula is C14H20N2O2. The maximum atomic E-state index is 11.9. The van der Waals surface area contributed by atoms with Gasteiger partial charge in [-0.2, -0.15) is 0 Å². The largest absolute Gasteiger partial charge is 0.391 e. The van der Waals surface area contributed by atoms with Gasteiger partial charge in [0.1, 0.15) is 0 Å². The first-order valence-corrected chi connectivity index (χ1v) is 6.46. The minimum absolute atomic E-state index is 0.0306.